The molecular weight excluding hydrogens is 262 g/mol. The van der Waals surface area contributed by atoms with E-state index in [4.69, 9.17) is 0 Å². The molecule has 19 heavy (non-hydrogen) atoms. The monoisotopic (exact) mass is 279 g/mol. The highest BCUT2D eigenvalue weighted by Crippen LogP contribution is 2.21. The van der Waals surface area contributed by atoms with Crippen LogP contribution in [0.1, 0.15) is 19.3 Å². The van der Waals surface area contributed by atoms with E-state index < -0.39 is 9.84 Å². The Kier molecular flexibility index (Phi) is 4.04. The van der Waals surface area contributed by atoms with Gasteiger partial charge < -0.3 is 5.32 Å². The second kappa shape index (κ2) is 5.57. The van der Waals surface area contributed by atoms with E-state index in [0.29, 0.717) is 5.69 Å². The highest BCUT2D eigenvalue weighted by Gasteiger charge is 2.19. The fourth-order valence-corrected chi connectivity index (χ4v) is 2.75. The van der Waals surface area contributed by atoms with Crippen LogP contribution >= 0.6 is 0 Å². The predicted octanol–water partition coefficient (Wildman–Crippen LogP) is 2.38. The zero-order valence-electron chi connectivity index (χ0n) is 10.8. The van der Waals surface area contributed by atoms with Crippen LogP contribution in [0.15, 0.2) is 41.3 Å². The topological polar surface area (TPSA) is 63.2 Å². The van der Waals surface area contributed by atoms with Crippen LogP contribution in [0.2, 0.25) is 0 Å². The fraction of sp³-hybridized carbons (Fsp3) is 0.357. The zero-order chi connectivity index (χ0) is 13.9. The molecule has 0 saturated heterocycles. The molecule has 1 amide bonds. The van der Waals surface area contributed by atoms with Gasteiger partial charge in [-0.2, -0.15) is 0 Å². The first-order valence-electron chi connectivity index (χ1n) is 6.23. The van der Waals surface area contributed by atoms with Gasteiger partial charge in [0.15, 0.2) is 9.84 Å². The summed E-state index contributed by atoms with van der Waals surface area (Å²) in [5.41, 5.74) is 0.530. The SMILES string of the molecule is CS(=O)(=O)c1cccc(NC(=O)[C@@H]2CC=CCC2)c1. The van der Waals surface area contributed by atoms with E-state index >= 15 is 0 Å². The Morgan fingerprint density at radius 1 is 1.32 bits per heavy atom. The molecule has 1 atom stereocenters. The van der Waals surface area contributed by atoms with Crippen molar-refractivity contribution >= 4 is 21.4 Å². The van der Waals surface area contributed by atoms with Crippen LogP contribution in [0, 0.1) is 5.92 Å². The minimum absolute atomic E-state index is 0.0214. The first kappa shape index (κ1) is 13.8. The van der Waals surface area contributed by atoms with Crippen molar-refractivity contribution in [3.63, 3.8) is 0 Å². The van der Waals surface area contributed by atoms with Gasteiger partial charge in [0.1, 0.15) is 0 Å². The molecule has 2 rings (SSSR count). The summed E-state index contributed by atoms with van der Waals surface area (Å²) in [6.07, 6.45) is 7.75. The average molecular weight is 279 g/mol. The summed E-state index contributed by atoms with van der Waals surface area (Å²) in [6.45, 7) is 0. The molecule has 0 unspecified atom stereocenters. The molecule has 1 aliphatic carbocycles. The van der Waals surface area contributed by atoms with E-state index in [1.54, 1.807) is 12.1 Å². The van der Waals surface area contributed by atoms with Crippen molar-refractivity contribution in [1.29, 1.82) is 0 Å². The molecule has 1 aromatic rings. The standard InChI is InChI=1S/C14H17NO3S/c1-19(17,18)13-9-5-8-12(10-13)15-14(16)11-6-3-2-4-7-11/h2-3,5,8-11H,4,6-7H2,1H3,(H,15,16)/t11-/m1/s1. The molecule has 102 valence electrons. The Morgan fingerprint density at radius 3 is 2.74 bits per heavy atom. The maximum absolute atomic E-state index is 12.0. The molecule has 0 bridgehead atoms. The maximum atomic E-state index is 12.0. The van der Waals surface area contributed by atoms with Crippen molar-refractivity contribution in [3.8, 4) is 0 Å². The molecule has 0 heterocycles. The van der Waals surface area contributed by atoms with Gasteiger partial charge in [-0.25, -0.2) is 8.42 Å². The maximum Gasteiger partial charge on any atom is 0.227 e. The van der Waals surface area contributed by atoms with Crippen LogP contribution in [0.3, 0.4) is 0 Å². The molecule has 0 aromatic heterocycles. The van der Waals surface area contributed by atoms with Crippen LogP contribution in [0.5, 0.6) is 0 Å². The number of hydrogen-bond acceptors (Lipinski definition) is 3. The number of sulfone groups is 1. The summed E-state index contributed by atoms with van der Waals surface area (Å²) in [6, 6.07) is 6.35. The van der Waals surface area contributed by atoms with Crippen LogP contribution in [0.4, 0.5) is 5.69 Å². The van der Waals surface area contributed by atoms with Crippen molar-refractivity contribution in [2.24, 2.45) is 5.92 Å². The average Bonchev–Trinajstić information content (AvgIpc) is 2.39. The lowest BCUT2D eigenvalue weighted by Gasteiger charge is -2.17. The van der Waals surface area contributed by atoms with Crippen molar-refractivity contribution < 1.29 is 13.2 Å². The number of rotatable bonds is 3. The Labute approximate surface area is 113 Å². The molecule has 0 aliphatic heterocycles. The Hall–Kier alpha value is -1.62. The van der Waals surface area contributed by atoms with Gasteiger partial charge in [0.05, 0.1) is 4.90 Å². The fourth-order valence-electron chi connectivity index (χ4n) is 2.08. The number of nitrogens with one attached hydrogen (secondary N) is 1. The highest BCUT2D eigenvalue weighted by molar-refractivity contribution is 7.90. The molecule has 1 N–H and O–H groups in total. The third-order valence-electron chi connectivity index (χ3n) is 3.17. The minimum Gasteiger partial charge on any atom is -0.326 e. The number of anilines is 1. The molecule has 0 radical (unpaired) electrons. The lowest BCUT2D eigenvalue weighted by atomic mass is 9.93. The molecular formula is C14H17NO3S. The molecule has 4 nitrogen and oxygen atoms in total. The second-order valence-corrected chi connectivity index (χ2v) is 6.79. The Bertz CT molecular complexity index is 605. The number of allylic oxidation sites excluding steroid dienone is 2. The molecule has 0 saturated carbocycles. The number of benzene rings is 1. The van der Waals surface area contributed by atoms with Gasteiger partial charge in [-0.15, -0.1) is 0 Å². The smallest absolute Gasteiger partial charge is 0.227 e. The van der Waals surface area contributed by atoms with E-state index in [2.05, 4.69) is 11.4 Å². The van der Waals surface area contributed by atoms with Crippen LogP contribution < -0.4 is 5.32 Å². The van der Waals surface area contributed by atoms with E-state index in [9.17, 15) is 13.2 Å². The molecule has 5 heteroatoms. The summed E-state index contributed by atoms with van der Waals surface area (Å²) in [4.78, 5) is 12.3. The number of carbonyl (C=O) groups is 1. The lowest BCUT2D eigenvalue weighted by molar-refractivity contribution is -0.120. The largest absolute Gasteiger partial charge is 0.326 e. The lowest BCUT2D eigenvalue weighted by Crippen LogP contribution is -2.23. The highest BCUT2D eigenvalue weighted by atomic mass is 32.2. The normalized spacial score (nSPS) is 19.1. The first-order valence-corrected chi connectivity index (χ1v) is 8.12. The third kappa shape index (κ3) is 3.67. The zero-order valence-corrected chi connectivity index (χ0v) is 11.6. The summed E-state index contributed by atoms with van der Waals surface area (Å²) < 4.78 is 22.9. The van der Waals surface area contributed by atoms with Crippen LogP contribution in [0.25, 0.3) is 0 Å². The van der Waals surface area contributed by atoms with Gasteiger partial charge >= 0.3 is 0 Å². The summed E-state index contributed by atoms with van der Waals surface area (Å²) in [5, 5.41) is 2.79. The predicted molar refractivity (Wildman–Crippen MR) is 74.7 cm³/mol. The van der Waals surface area contributed by atoms with Crippen molar-refractivity contribution in [1.82, 2.24) is 0 Å². The number of hydrogen-bond donors (Lipinski definition) is 1. The number of carbonyl (C=O) groups excluding carboxylic acids is 1. The van der Waals surface area contributed by atoms with E-state index in [1.165, 1.54) is 12.1 Å². The Morgan fingerprint density at radius 2 is 2.11 bits per heavy atom. The molecule has 1 aliphatic rings. The van der Waals surface area contributed by atoms with Crippen molar-refractivity contribution in [2.45, 2.75) is 24.2 Å². The van der Waals surface area contributed by atoms with Gasteiger partial charge in [-0.1, -0.05) is 18.2 Å². The second-order valence-electron chi connectivity index (χ2n) is 4.77. The summed E-state index contributed by atoms with van der Waals surface area (Å²) in [5.74, 6) is -0.0677. The quantitative estimate of drug-likeness (QED) is 0.864. The van der Waals surface area contributed by atoms with Crippen molar-refractivity contribution in [2.75, 3.05) is 11.6 Å². The van der Waals surface area contributed by atoms with Gasteiger partial charge in [0.2, 0.25) is 5.91 Å². The van der Waals surface area contributed by atoms with Gasteiger partial charge in [-0.05, 0) is 37.5 Å². The minimum atomic E-state index is -3.25. The van der Waals surface area contributed by atoms with Crippen LogP contribution in [-0.2, 0) is 14.6 Å². The molecule has 1 aromatic carbocycles. The van der Waals surface area contributed by atoms with Crippen LogP contribution in [-0.4, -0.2) is 20.6 Å². The Balaban J connectivity index is 2.11. The van der Waals surface area contributed by atoms with Gasteiger partial charge in [0.25, 0.3) is 0 Å². The third-order valence-corrected chi connectivity index (χ3v) is 4.28. The summed E-state index contributed by atoms with van der Waals surface area (Å²) in [7, 11) is -3.25. The van der Waals surface area contributed by atoms with Crippen molar-refractivity contribution in [3.05, 3.63) is 36.4 Å². The van der Waals surface area contributed by atoms with Gasteiger partial charge in [-0.3, -0.25) is 4.79 Å². The molecule has 0 fully saturated rings. The van der Waals surface area contributed by atoms with E-state index in [1.807, 2.05) is 6.08 Å². The van der Waals surface area contributed by atoms with E-state index in [-0.39, 0.29) is 16.7 Å². The molecule has 0 spiro atoms. The van der Waals surface area contributed by atoms with E-state index in [0.717, 1.165) is 25.5 Å². The van der Waals surface area contributed by atoms with Gasteiger partial charge in [0, 0.05) is 17.9 Å². The summed E-state index contributed by atoms with van der Waals surface area (Å²) >= 11 is 0. The number of amides is 1. The first-order chi connectivity index (χ1) is 8.97.